The van der Waals surface area contributed by atoms with Crippen molar-refractivity contribution < 1.29 is 13.9 Å². The number of methoxy groups -OCH3 is 1. The predicted octanol–water partition coefficient (Wildman–Crippen LogP) is 2.15. The highest BCUT2D eigenvalue weighted by molar-refractivity contribution is 5.13. The third-order valence-corrected chi connectivity index (χ3v) is 1.89. The number of hydrogen-bond donors (Lipinski definition) is 0. The van der Waals surface area contributed by atoms with Crippen LogP contribution >= 0.6 is 0 Å². The van der Waals surface area contributed by atoms with E-state index in [-0.39, 0.29) is 6.61 Å². The summed E-state index contributed by atoms with van der Waals surface area (Å²) >= 11 is 0. The molecule has 0 spiro atoms. The van der Waals surface area contributed by atoms with Gasteiger partial charge in [-0.2, -0.15) is 0 Å². The minimum Gasteiger partial charge on any atom is -0.352 e. The van der Waals surface area contributed by atoms with Crippen LogP contribution in [0, 0.1) is 12.3 Å². The molecule has 80 valence electrons. The van der Waals surface area contributed by atoms with Crippen LogP contribution in [0.1, 0.15) is 5.56 Å². The van der Waals surface area contributed by atoms with Gasteiger partial charge in [0.15, 0.2) is 0 Å². The molecule has 1 rings (SSSR count). The number of terminal acetylenes is 1. The van der Waals surface area contributed by atoms with Crippen molar-refractivity contribution in [2.24, 2.45) is 0 Å². The number of ether oxygens (including phenoxy) is 2. The number of hydrogen-bond acceptors (Lipinski definition) is 2. The monoisotopic (exact) mass is 208 g/mol. The van der Waals surface area contributed by atoms with Crippen LogP contribution in [0.2, 0.25) is 0 Å². The second-order valence-corrected chi connectivity index (χ2v) is 2.97. The Morgan fingerprint density at radius 2 is 2.07 bits per heavy atom. The lowest BCUT2D eigenvalue weighted by Crippen LogP contribution is -2.26. The van der Waals surface area contributed by atoms with Crippen LogP contribution < -0.4 is 0 Å². The molecule has 1 aromatic carbocycles. The Bertz CT molecular complexity index is 318. The maximum Gasteiger partial charge on any atom is 0.210 e. The van der Waals surface area contributed by atoms with E-state index >= 15 is 0 Å². The zero-order valence-electron chi connectivity index (χ0n) is 8.52. The summed E-state index contributed by atoms with van der Waals surface area (Å²) in [6.45, 7) is 0.279. The van der Waals surface area contributed by atoms with Gasteiger partial charge in [0.05, 0.1) is 6.61 Å². The summed E-state index contributed by atoms with van der Waals surface area (Å²) in [4.78, 5) is 0. The molecule has 0 saturated heterocycles. The Morgan fingerprint density at radius 1 is 1.40 bits per heavy atom. The fourth-order valence-electron chi connectivity index (χ4n) is 1.10. The molecule has 2 nitrogen and oxygen atoms in total. The molecule has 2 unspecified atom stereocenters. The molecular weight excluding hydrogens is 195 g/mol. The molecule has 0 amide bonds. The summed E-state index contributed by atoms with van der Waals surface area (Å²) in [5.41, 5.74) is 0.948. The van der Waals surface area contributed by atoms with Crippen molar-refractivity contribution in [1.82, 2.24) is 0 Å². The van der Waals surface area contributed by atoms with Gasteiger partial charge >= 0.3 is 0 Å². The fraction of sp³-hybridized carbons (Fsp3) is 0.333. The smallest absolute Gasteiger partial charge is 0.210 e. The largest absolute Gasteiger partial charge is 0.352 e. The van der Waals surface area contributed by atoms with Crippen LogP contribution in [-0.2, 0) is 16.1 Å². The summed E-state index contributed by atoms with van der Waals surface area (Å²) in [7, 11) is 1.36. The second-order valence-electron chi connectivity index (χ2n) is 2.97. The molecule has 15 heavy (non-hydrogen) atoms. The summed E-state index contributed by atoms with van der Waals surface area (Å²) in [6.07, 6.45) is 2.39. The van der Waals surface area contributed by atoms with Gasteiger partial charge in [0, 0.05) is 7.11 Å². The quantitative estimate of drug-likeness (QED) is 0.545. The van der Waals surface area contributed by atoms with Crippen LogP contribution in [0.25, 0.3) is 0 Å². The molecular formula is C12H13FO2. The van der Waals surface area contributed by atoms with E-state index < -0.39 is 12.5 Å². The van der Waals surface area contributed by atoms with Gasteiger partial charge in [0.25, 0.3) is 0 Å². The molecule has 0 fully saturated rings. The van der Waals surface area contributed by atoms with Gasteiger partial charge < -0.3 is 9.47 Å². The normalized spacial score (nSPS) is 14.2. The van der Waals surface area contributed by atoms with Crippen molar-refractivity contribution >= 4 is 0 Å². The number of rotatable bonds is 5. The highest BCUT2D eigenvalue weighted by Crippen LogP contribution is 2.08. The van der Waals surface area contributed by atoms with Crippen molar-refractivity contribution in [2.75, 3.05) is 7.11 Å². The summed E-state index contributed by atoms with van der Waals surface area (Å²) in [6, 6.07) is 9.44. The number of halogens is 1. The predicted molar refractivity (Wildman–Crippen MR) is 55.8 cm³/mol. The molecule has 0 radical (unpaired) electrons. The lowest BCUT2D eigenvalue weighted by molar-refractivity contribution is -0.155. The average molecular weight is 208 g/mol. The molecule has 0 aliphatic rings. The van der Waals surface area contributed by atoms with Crippen molar-refractivity contribution in [3.63, 3.8) is 0 Å². The molecule has 0 saturated carbocycles. The molecule has 2 atom stereocenters. The molecule has 0 aromatic heterocycles. The minimum atomic E-state index is -1.54. The van der Waals surface area contributed by atoms with E-state index in [9.17, 15) is 4.39 Å². The number of alkyl halides is 1. The highest BCUT2D eigenvalue weighted by Gasteiger charge is 2.18. The van der Waals surface area contributed by atoms with E-state index in [0.29, 0.717) is 0 Å². The van der Waals surface area contributed by atoms with Crippen molar-refractivity contribution in [1.29, 1.82) is 0 Å². The van der Waals surface area contributed by atoms with Gasteiger partial charge in [-0.25, -0.2) is 4.39 Å². The maximum absolute atomic E-state index is 13.0. The minimum absolute atomic E-state index is 0.279. The molecule has 1 aromatic rings. The average Bonchev–Trinajstić information content (AvgIpc) is 2.31. The zero-order chi connectivity index (χ0) is 11.1. The Morgan fingerprint density at radius 3 is 2.60 bits per heavy atom. The first kappa shape index (κ1) is 11.7. The van der Waals surface area contributed by atoms with Crippen molar-refractivity contribution in [3.8, 4) is 12.3 Å². The molecule has 0 bridgehead atoms. The SMILES string of the molecule is C#CC(F)C(OC)OCc1ccccc1. The summed E-state index contributed by atoms with van der Waals surface area (Å²) < 4.78 is 23.0. The van der Waals surface area contributed by atoms with Gasteiger partial charge in [-0.15, -0.1) is 6.42 Å². The fourth-order valence-corrected chi connectivity index (χ4v) is 1.10. The molecule has 0 heterocycles. The zero-order valence-corrected chi connectivity index (χ0v) is 8.52. The first-order valence-electron chi connectivity index (χ1n) is 4.56. The first-order valence-corrected chi connectivity index (χ1v) is 4.56. The molecule has 0 aliphatic carbocycles. The molecule has 3 heteroatoms. The van der Waals surface area contributed by atoms with Crippen LogP contribution in [-0.4, -0.2) is 19.6 Å². The van der Waals surface area contributed by atoms with E-state index in [1.54, 1.807) is 0 Å². The Hall–Kier alpha value is -1.37. The Kier molecular flexibility index (Phi) is 4.82. The summed E-state index contributed by atoms with van der Waals surface area (Å²) in [5.74, 6) is 1.94. The van der Waals surface area contributed by atoms with Crippen molar-refractivity contribution in [2.45, 2.75) is 19.1 Å². The van der Waals surface area contributed by atoms with Gasteiger partial charge in [0.1, 0.15) is 0 Å². The molecule has 0 N–H and O–H groups in total. The van der Waals surface area contributed by atoms with Crippen LogP contribution in [0.3, 0.4) is 0 Å². The lowest BCUT2D eigenvalue weighted by Gasteiger charge is -2.16. The third-order valence-electron chi connectivity index (χ3n) is 1.89. The highest BCUT2D eigenvalue weighted by atomic mass is 19.1. The second kappa shape index (κ2) is 6.18. The number of benzene rings is 1. The topological polar surface area (TPSA) is 18.5 Å². The van der Waals surface area contributed by atoms with E-state index in [1.807, 2.05) is 36.3 Å². The Balaban J connectivity index is 2.45. The lowest BCUT2D eigenvalue weighted by atomic mass is 10.2. The third kappa shape index (κ3) is 3.70. The van der Waals surface area contributed by atoms with Crippen LogP contribution in [0.5, 0.6) is 0 Å². The summed E-state index contributed by atoms with van der Waals surface area (Å²) in [5, 5.41) is 0. The van der Waals surface area contributed by atoms with Gasteiger partial charge in [0.2, 0.25) is 12.5 Å². The molecule has 0 aliphatic heterocycles. The van der Waals surface area contributed by atoms with Crippen LogP contribution in [0.15, 0.2) is 30.3 Å². The van der Waals surface area contributed by atoms with E-state index in [0.717, 1.165) is 5.56 Å². The van der Waals surface area contributed by atoms with E-state index in [2.05, 4.69) is 0 Å². The van der Waals surface area contributed by atoms with E-state index in [1.165, 1.54) is 7.11 Å². The first-order chi connectivity index (χ1) is 7.27. The van der Waals surface area contributed by atoms with Gasteiger partial charge in [-0.05, 0) is 5.56 Å². The Labute approximate surface area is 89.0 Å². The standard InChI is InChI=1S/C12H13FO2/c1-3-11(13)12(14-2)15-9-10-7-5-4-6-8-10/h1,4-8,11-12H,9H2,2H3. The van der Waals surface area contributed by atoms with Crippen molar-refractivity contribution in [3.05, 3.63) is 35.9 Å². The van der Waals surface area contributed by atoms with E-state index in [4.69, 9.17) is 15.9 Å². The van der Waals surface area contributed by atoms with Crippen LogP contribution in [0.4, 0.5) is 4.39 Å². The van der Waals surface area contributed by atoms with Gasteiger partial charge in [-0.1, -0.05) is 36.3 Å². The maximum atomic E-state index is 13.0. The van der Waals surface area contributed by atoms with Gasteiger partial charge in [-0.3, -0.25) is 0 Å².